The molecule has 28 heavy (non-hydrogen) atoms. The number of hydrogen-bond donors (Lipinski definition) is 1. The van der Waals surface area contributed by atoms with Crippen LogP contribution in [0.3, 0.4) is 0 Å². The number of carbonyl (C=O) groups is 1. The Kier molecular flexibility index (Phi) is 5.30. The topological polar surface area (TPSA) is 99.4 Å². The van der Waals surface area contributed by atoms with Gasteiger partial charge < -0.3 is 14.6 Å². The molecular weight excluding hydrogens is 360 g/mol. The van der Waals surface area contributed by atoms with Crippen molar-refractivity contribution < 1.29 is 19.4 Å². The summed E-state index contributed by atoms with van der Waals surface area (Å²) in [5.74, 6) is 0.941. The van der Waals surface area contributed by atoms with Gasteiger partial charge in [-0.1, -0.05) is 5.21 Å². The molecule has 0 bridgehead atoms. The van der Waals surface area contributed by atoms with E-state index in [2.05, 4.69) is 10.3 Å². The number of aliphatic hydroxyl groups is 1. The second-order valence-corrected chi connectivity index (χ2v) is 7.65. The Balaban J connectivity index is 1.57. The fourth-order valence-electron chi connectivity index (χ4n) is 3.91. The van der Waals surface area contributed by atoms with Gasteiger partial charge in [-0.15, -0.1) is 5.10 Å². The highest BCUT2D eigenvalue weighted by Crippen LogP contribution is 2.44. The number of carbonyl (C=O) groups excluding carboxylic acids is 1. The highest BCUT2D eigenvalue weighted by Gasteiger charge is 2.33. The first-order valence-corrected chi connectivity index (χ1v) is 9.86. The number of hydrogen-bond acceptors (Lipinski definition) is 7. The zero-order valence-electron chi connectivity index (χ0n) is 16.3. The lowest BCUT2D eigenvalue weighted by Crippen LogP contribution is -2.30. The van der Waals surface area contributed by atoms with Crippen molar-refractivity contribution in [3.8, 4) is 17.1 Å². The molecule has 2 aliphatic carbocycles. The van der Waals surface area contributed by atoms with Crippen LogP contribution in [-0.2, 0) is 23.2 Å². The van der Waals surface area contributed by atoms with Crippen molar-refractivity contribution >= 4 is 5.97 Å². The molecule has 8 heteroatoms. The maximum absolute atomic E-state index is 11.9. The quantitative estimate of drug-likeness (QED) is 0.761. The maximum Gasteiger partial charge on any atom is 0.308 e. The molecule has 4 rings (SSSR count). The predicted molar refractivity (Wildman–Crippen MR) is 101 cm³/mol. The normalized spacial score (nSPS) is 22.1. The third-order valence-corrected chi connectivity index (χ3v) is 5.64. The monoisotopic (exact) mass is 386 g/mol. The third kappa shape index (κ3) is 3.73. The van der Waals surface area contributed by atoms with Crippen LogP contribution in [0.5, 0.6) is 5.75 Å². The maximum atomic E-state index is 11.9. The van der Waals surface area contributed by atoms with E-state index >= 15 is 0 Å². The molecule has 1 N–H and O–H groups in total. The Morgan fingerprint density at radius 2 is 2.11 bits per heavy atom. The number of pyridine rings is 1. The molecule has 2 aliphatic rings. The number of ether oxygens (including phenoxy) is 2. The van der Waals surface area contributed by atoms with E-state index in [1.54, 1.807) is 11.7 Å². The summed E-state index contributed by atoms with van der Waals surface area (Å²) in [5.41, 5.74) is 2.87. The van der Waals surface area contributed by atoms with E-state index in [-0.39, 0.29) is 24.6 Å². The fourth-order valence-corrected chi connectivity index (χ4v) is 3.91. The number of rotatable bonds is 6. The van der Waals surface area contributed by atoms with Crippen LogP contribution < -0.4 is 4.74 Å². The van der Waals surface area contributed by atoms with Crippen LogP contribution in [0.4, 0.5) is 0 Å². The van der Waals surface area contributed by atoms with Gasteiger partial charge in [0.15, 0.2) is 0 Å². The summed E-state index contributed by atoms with van der Waals surface area (Å²) < 4.78 is 12.8. The van der Waals surface area contributed by atoms with Crippen molar-refractivity contribution in [1.82, 2.24) is 20.0 Å². The van der Waals surface area contributed by atoms with Crippen LogP contribution in [-0.4, -0.2) is 44.3 Å². The average molecular weight is 386 g/mol. The smallest absolute Gasteiger partial charge is 0.308 e. The molecule has 150 valence electrons. The number of esters is 1. The summed E-state index contributed by atoms with van der Waals surface area (Å²) in [6.45, 7) is -0.144. The van der Waals surface area contributed by atoms with Crippen molar-refractivity contribution in [3.63, 3.8) is 0 Å². The molecule has 0 amide bonds. The summed E-state index contributed by atoms with van der Waals surface area (Å²) in [7, 11) is 3.19. The molecule has 8 nitrogen and oxygen atoms in total. The van der Waals surface area contributed by atoms with Crippen LogP contribution in [0.2, 0.25) is 0 Å². The van der Waals surface area contributed by atoms with Crippen molar-refractivity contribution in [1.29, 1.82) is 0 Å². The molecule has 0 aliphatic heterocycles. The Hall–Kier alpha value is -2.48. The number of aryl methyl sites for hydroxylation is 1. The molecule has 2 atom stereocenters. The summed E-state index contributed by atoms with van der Waals surface area (Å²) in [4.78, 5) is 16.7. The number of aromatic nitrogens is 4. The highest BCUT2D eigenvalue weighted by molar-refractivity contribution is 5.72. The van der Waals surface area contributed by atoms with E-state index in [0.29, 0.717) is 29.4 Å². The molecule has 2 heterocycles. The summed E-state index contributed by atoms with van der Waals surface area (Å²) in [5, 5.41) is 17.8. The van der Waals surface area contributed by atoms with Gasteiger partial charge in [-0.05, 0) is 50.7 Å². The lowest BCUT2D eigenvalue weighted by Gasteiger charge is -2.28. The molecule has 2 aromatic rings. The summed E-state index contributed by atoms with van der Waals surface area (Å²) in [6, 6.07) is 3.80. The van der Waals surface area contributed by atoms with Gasteiger partial charge >= 0.3 is 5.97 Å². The van der Waals surface area contributed by atoms with E-state index in [9.17, 15) is 9.90 Å². The number of nitrogens with zero attached hydrogens (tertiary/aromatic N) is 4. The first-order chi connectivity index (χ1) is 13.6. The van der Waals surface area contributed by atoms with Gasteiger partial charge in [0.25, 0.3) is 0 Å². The van der Waals surface area contributed by atoms with E-state index in [1.807, 2.05) is 12.1 Å². The Labute approximate surface area is 163 Å². The number of aliphatic hydroxyl groups excluding tert-OH is 1. The Morgan fingerprint density at radius 3 is 2.82 bits per heavy atom. The molecule has 2 saturated carbocycles. The average Bonchev–Trinajstić information content (AvgIpc) is 3.50. The van der Waals surface area contributed by atoms with Crippen LogP contribution in [0.15, 0.2) is 12.1 Å². The van der Waals surface area contributed by atoms with Crippen molar-refractivity contribution in [2.45, 2.75) is 57.2 Å². The van der Waals surface area contributed by atoms with Crippen LogP contribution >= 0.6 is 0 Å². The fraction of sp³-hybridized carbons (Fsp3) is 0.600. The zero-order chi connectivity index (χ0) is 19.7. The summed E-state index contributed by atoms with van der Waals surface area (Å²) >= 11 is 0. The standard InChI is InChI=1S/C20H26N4O4/c1-24-16(11-25)19(22-23-24)15-8-9-17(18(21-15)12-6-7-12)28-14-5-3-4-13(10-14)20(26)27-2/h8-9,12-14,25H,3-7,10-11H2,1-2H3/t13-,14-/m0/s1. The van der Waals surface area contributed by atoms with Gasteiger partial charge in [0.1, 0.15) is 11.4 Å². The van der Waals surface area contributed by atoms with E-state index in [4.69, 9.17) is 14.5 Å². The Morgan fingerprint density at radius 1 is 1.29 bits per heavy atom. The molecule has 0 spiro atoms. The second-order valence-electron chi connectivity index (χ2n) is 7.65. The first kappa shape index (κ1) is 18.9. The van der Waals surface area contributed by atoms with Crippen molar-refractivity contribution in [2.75, 3.05) is 7.11 Å². The molecular formula is C20H26N4O4. The first-order valence-electron chi connectivity index (χ1n) is 9.86. The van der Waals surface area contributed by atoms with Gasteiger partial charge in [0, 0.05) is 13.0 Å². The largest absolute Gasteiger partial charge is 0.488 e. The minimum atomic E-state index is -0.150. The SMILES string of the molecule is COC(=O)[C@H]1CCC[C@H](Oc2ccc(-c3nnn(C)c3CO)nc2C2CC2)C1. The molecule has 2 fully saturated rings. The van der Waals surface area contributed by atoms with E-state index < -0.39 is 0 Å². The van der Waals surface area contributed by atoms with Crippen LogP contribution in [0.1, 0.15) is 55.8 Å². The van der Waals surface area contributed by atoms with Gasteiger partial charge in [-0.25, -0.2) is 9.67 Å². The van der Waals surface area contributed by atoms with Gasteiger partial charge in [0.05, 0.1) is 42.8 Å². The second kappa shape index (κ2) is 7.87. The minimum absolute atomic E-state index is 0.00693. The highest BCUT2D eigenvalue weighted by atomic mass is 16.5. The number of methoxy groups -OCH3 is 1. The van der Waals surface area contributed by atoms with Gasteiger partial charge in [0.2, 0.25) is 0 Å². The van der Waals surface area contributed by atoms with E-state index in [0.717, 1.165) is 43.5 Å². The molecule has 2 aromatic heterocycles. The zero-order valence-corrected chi connectivity index (χ0v) is 16.3. The molecule has 0 saturated heterocycles. The van der Waals surface area contributed by atoms with Gasteiger partial charge in [-0.2, -0.15) is 0 Å². The van der Waals surface area contributed by atoms with Crippen LogP contribution in [0.25, 0.3) is 11.4 Å². The predicted octanol–water partition coefficient (Wildman–Crippen LogP) is 2.36. The van der Waals surface area contributed by atoms with E-state index in [1.165, 1.54) is 7.11 Å². The lowest BCUT2D eigenvalue weighted by molar-refractivity contribution is -0.147. The molecule has 0 aromatic carbocycles. The van der Waals surface area contributed by atoms with Gasteiger partial charge in [-0.3, -0.25) is 4.79 Å². The molecule has 0 radical (unpaired) electrons. The van der Waals surface area contributed by atoms with Crippen molar-refractivity contribution in [2.24, 2.45) is 13.0 Å². The lowest BCUT2D eigenvalue weighted by atomic mass is 9.87. The third-order valence-electron chi connectivity index (χ3n) is 5.64. The summed E-state index contributed by atoms with van der Waals surface area (Å²) in [6.07, 6.45) is 5.59. The molecule has 0 unspecified atom stereocenters. The van der Waals surface area contributed by atoms with Crippen LogP contribution in [0, 0.1) is 5.92 Å². The minimum Gasteiger partial charge on any atom is -0.488 e. The van der Waals surface area contributed by atoms with Crippen molar-refractivity contribution in [3.05, 3.63) is 23.5 Å². The Bertz CT molecular complexity index is 862.